The average molecular weight is 449 g/mol. The molecule has 0 spiro atoms. The summed E-state index contributed by atoms with van der Waals surface area (Å²) in [5.74, 6) is 0.00964. The third-order valence-corrected chi connectivity index (χ3v) is 5.86. The number of hydrogen-bond donors (Lipinski definition) is 2. The van der Waals surface area contributed by atoms with Gasteiger partial charge in [0.05, 0.1) is 19.0 Å². The topological polar surface area (TPSA) is 83.0 Å². The van der Waals surface area contributed by atoms with Crippen LogP contribution >= 0.6 is 0 Å². The molecule has 1 fully saturated rings. The van der Waals surface area contributed by atoms with E-state index in [4.69, 9.17) is 4.74 Å². The van der Waals surface area contributed by atoms with Crippen molar-refractivity contribution in [2.75, 3.05) is 44.5 Å². The van der Waals surface area contributed by atoms with Crippen molar-refractivity contribution in [2.45, 2.75) is 18.8 Å². The van der Waals surface area contributed by atoms with E-state index in [0.717, 1.165) is 31.9 Å². The van der Waals surface area contributed by atoms with E-state index in [0.29, 0.717) is 23.6 Å². The molecule has 0 unspecified atom stereocenters. The van der Waals surface area contributed by atoms with Gasteiger partial charge in [-0.1, -0.05) is 18.2 Å². The van der Waals surface area contributed by atoms with Gasteiger partial charge in [-0.2, -0.15) is 0 Å². The molecule has 0 aromatic heterocycles. The first kappa shape index (κ1) is 23.0. The van der Waals surface area contributed by atoms with Gasteiger partial charge in [0.1, 0.15) is 5.82 Å². The largest absolute Gasteiger partial charge is 0.378 e. The normalized spacial score (nSPS) is 15.1. The molecule has 2 aromatic carbocycles. The molecule has 0 aliphatic carbocycles. The quantitative estimate of drug-likeness (QED) is 0.499. The maximum atomic E-state index is 13.7. The van der Waals surface area contributed by atoms with Gasteiger partial charge in [-0.25, -0.2) is 12.8 Å². The van der Waals surface area contributed by atoms with E-state index in [2.05, 4.69) is 44.8 Å². The number of sulfone groups is 1. The summed E-state index contributed by atoms with van der Waals surface area (Å²) in [7, 11) is -1.57. The molecule has 0 amide bonds. The molecule has 1 aliphatic heterocycles. The fraction of sp³-hybridized carbons (Fsp3) is 0.409. The Balaban J connectivity index is 1.56. The Morgan fingerprint density at radius 3 is 2.39 bits per heavy atom. The SMILES string of the molecule is CN=C(NCc1ccc(N2CCOCC2)cc1)NCc1cc(F)ccc1CS(C)(=O)=O. The van der Waals surface area contributed by atoms with Crippen molar-refractivity contribution >= 4 is 21.5 Å². The van der Waals surface area contributed by atoms with Gasteiger partial charge in [0.25, 0.3) is 0 Å². The third-order valence-electron chi connectivity index (χ3n) is 5.03. The zero-order valence-corrected chi connectivity index (χ0v) is 18.7. The molecule has 31 heavy (non-hydrogen) atoms. The zero-order chi connectivity index (χ0) is 22.3. The molecule has 3 rings (SSSR count). The number of ether oxygens (including phenoxy) is 1. The molecular formula is C22H29FN4O3S. The first-order chi connectivity index (χ1) is 14.8. The van der Waals surface area contributed by atoms with Crippen molar-refractivity contribution in [3.05, 3.63) is 65.0 Å². The second kappa shape index (κ2) is 10.6. The number of aliphatic imine (C=N–C) groups is 1. The van der Waals surface area contributed by atoms with Gasteiger partial charge in [0, 0.05) is 45.2 Å². The Morgan fingerprint density at radius 2 is 1.74 bits per heavy atom. The van der Waals surface area contributed by atoms with Crippen molar-refractivity contribution in [1.29, 1.82) is 0 Å². The Hall–Kier alpha value is -2.65. The van der Waals surface area contributed by atoms with Crippen LogP contribution in [0.15, 0.2) is 47.5 Å². The zero-order valence-electron chi connectivity index (χ0n) is 17.9. The number of guanidine groups is 1. The molecule has 0 bridgehead atoms. The van der Waals surface area contributed by atoms with Crippen molar-refractivity contribution in [3.63, 3.8) is 0 Å². The minimum Gasteiger partial charge on any atom is -0.378 e. The number of halogens is 1. The number of nitrogens with one attached hydrogen (secondary N) is 2. The van der Waals surface area contributed by atoms with Crippen molar-refractivity contribution in [1.82, 2.24) is 10.6 Å². The summed E-state index contributed by atoms with van der Waals surface area (Å²) >= 11 is 0. The molecule has 7 nitrogen and oxygen atoms in total. The molecule has 0 radical (unpaired) electrons. The van der Waals surface area contributed by atoms with Crippen molar-refractivity contribution in [2.24, 2.45) is 4.99 Å². The summed E-state index contributed by atoms with van der Waals surface area (Å²) in [6, 6.07) is 12.5. The summed E-state index contributed by atoms with van der Waals surface area (Å²) in [5.41, 5.74) is 3.44. The molecule has 0 atom stereocenters. The number of nitrogens with zero attached hydrogens (tertiary/aromatic N) is 2. The van der Waals surface area contributed by atoms with Crippen LogP contribution in [0, 0.1) is 5.82 Å². The van der Waals surface area contributed by atoms with Gasteiger partial charge in [-0.05, 0) is 41.0 Å². The lowest BCUT2D eigenvalue weighted by atomic mass is 10.1. The van der Waals surface area contributed by atoms with Crippen molar-refractivity contribution in [3.8, 4) is 0 Å². The molecule has 2 aromatic rings. The molecule has 168 valence electrons. The van der Waals surface area contributed by atoms with Crippen LogP contribution < -0.4 is 15.5 Å². The number of rotatable bonds is 7. The Labute approximate surface area is 183 Å². The van der Waals surface area contributed by atoms with Gasteiger partial charge >= 0.3 is 0 Å². The highest BCUT2D eigenvalue weighted by Crippen LogP contribution is 2.17. The predicted octanol–water partition coefficient (Wildman–Crippen LogP) is 2.07. The molecule has 1 heterocycles. The number of hydrogen-bond acceptors (Lipinski definition) is 5. The molecule has 9 heteroatoms. The number of anilines is 1. The van der Waals surface area contributed by atoms with E-state index in [1.54, 1.807) is 7.05 Å². The van der Waals surface area contributed by atoms with Crippen LogP contribution in [0.3, 0.4) is 0 Å². The number of benzene rings is 2. The molecule has 1 saturated heterocycles. The molecule has 1 aliphatic rings. The lowest BCUT2D eigenvalue weighted by molar-refractivity contribution is 0.122. The summed E-state index contributed by atoms with van der Waals surface area (Å²) < 4.78 is 42.4. The average Bonchev–Trinajstić information content (AvgIpc) is 2.76. The van der Waals surface area contributed by atoms with Crippen LogP contribution in [-0.4, -0.2) is 54.0 Å². The minimum absolute atomic E-state index is 0.133. The Morgan fingerprint density at radius 1 is 1.06 bits per heavy atom. The van der Waals surface area contributed by atoms with Crippen LogP contribution in [0.5, 0.6) is 0 Å². The minimum atomic E-state index is -3.22. The third kappa shape index (κ3) is 7.22. The van der Waals surface area contributed by atoms with Crippen LogP contribution in [0.25, 0.3) is 0 Å². The standard InChI is InChI=1S/C22H29FN4O3S/c1-24-22(26-15-19-13-20(23)6-5-18(19)16-31(2,28)29)25-14-17-3-7-21(8-4-17)27-9-11-30-12-10-27/h3-8,13H,9-12,14-16H2,1-2H3,(H2,24,25,26). The Bertz CT molecular complexity index is 1000. The fourth-order valence-electron chi connectivity index (χ4n) is 3.41. The van der Waals surface area contributed by atoms with Gasteiger partial charge < -0.3 is 20.3 Å². The maximum absolute atomic E-state index is 13.7. The maximum Gasteiger partial charge on any atom is 0.191 e. The predicted molar refractivity (Wildman–Crippen MR) is 121 cm³/mol. The Kier molecular flexibility index (Phi) is 7.86. The smallest absolute Gasteiger partial charge is 0.191 e. The summed E-state index contributed by atoms with van der Waals surface area (Å²) in [6.07, 6.45) is 1.17. The van der Waals surface area contributed by atoms with Gasteiger partial charge in [-0.3, -0.25) is 4.99 Å². The van der Waals surface area contributed by atoms with E-state index in [1.807, 2.05) is 0 Å². The summed E-state index contributed by atoms with van der Waals surface area (Å²) in [6.45, 7) is 4.14. The monoisotopic (exact) mass is 448 g/mol. The van der Waals surface area contributed by atoms with Crippen LogP contribution in [0.1, 0.15) is 16.7 Å². The van der Waals surface area contributed by atoms with E-state index >= 15 is 0 Å². The van der Waals surface area contributed by atoms with Crippen molar-refractivity contribution < 1.29 is 17.5 Å². The second-order valence-corrected chi connectivity index (χ2v) is 9.67. The van der Waals surface area contributed by atoms with Gasteiger partial charge in [0.2, 0.25) is 0 Å². The fourth-order valence-corrected chi connectivity index (χ4v) is 4.26. The number of morpholine rings is 1. The summed E-state index contributed by atoms with van der Waals surface area (Å²) in [4.78, 5) is 6.50. The van der Waals surface area contributed by atoms with Crippen LogP contribution in [0.4, 0.5) is 10.1 Å². The molecule has 0 saturated carbocycles. The van der Waals surface area contributed by atoms with Gasteiger partial charge in [-0.15, -0.1) is 0 Å². The lowest BCUT2D eigenvalue weighted by Gasteiger charge is -2.28. The van der Waals surface area contributed by atoms with Gasteiger partial charge in [0.15, 0.2) is 15.8 Å². The first-order valence-electron chi connectivity index (χ1n) is 10.2. The van der Waals surface area contributed by atoms with Crippen LogP contribution in [0.2, 0.25) is 0 Å². The first-order valence-corrected chi connectivity index (χ1v) is 12.2. The highest BCUT2D eigenvalue weighted by Gasteiger charge is 2.12. The summed E-state index contributed by atoms with van der Waals surface area (Å²) in [5, 5.41) is 6.36. The van der Waals surface area contributed by atoms with E-state index in [1.165, 1.54) is 30.1 Å². The lowest BCUT2D eigenvalue weighted by Crippen LogP contribution is -2.37. The molecule has 2 N–H and O–H groups in total. The van der Waals surface area contributed by atoms with E-state index < -0.39 is 15.7 Å². The van der Waals surface area contributed by atoms with E-state index in [9.17, 15) is 12.8 Å². The highest BCUT2D eigenvalue weighted by molar-refractivity contribution is 7.89. The van der Waals surface area contributed by atoms with Crippen LogP contribution in [-0.2, 0) is 33.4 Å². The highest BCUT2D eigenvalue weighted by atomic mass is 32.2. The molecular weight excluding hydrogens is 419 g/mol. The second-order valence-electron chi connectivity index (χ2n) is 7.53. The van der Waals surface area contributed by atoms with E-state index in [-0.39, 0.29) is 12.3 Å².